The van der Waals surface area contributed by atoms with E-state index >= 15 is 0 Å². The van der Waals surface area contributed by atoms with Crippen LogP contribution >= 0.6 is 0 Å². The third-order valence-electron chi connectivity index (χ3n) is 2.68. The molecule has 2 heterocycles. The first-order valence-corrected chi connectivity index (χ1v) is 5.01. The molecule has 2 N–H and O–H groups in total. The predicted octanol–water partition coefficient (Wildman–Crippen LogP) is 0.799. The van der Waals surface area contributed by atoms with Crippen LogP contribution < -0.4 is 10.6 Å². The maximum atomic E-state index is 8.78. The number of rotatable bonds is 1. The van der Waals surface area contributed by atoms with E-state index in [2.05, 4.69) is 20.9 Å². The summed E-state index contributed by atoms with van der Waals surface area (Å²) in [6, 6.07) is 4.07. The second kappa shape index (κ2) is 4.13. The molecule has 5 heteroatoms. The first kappa shape index (κ1) is 9.71. The molecule has 78 valence electrons. The van der Waals surface area contributed by atoms with Gasteiger partial charge in [-0.05, 0) is 12.8 Å². The fraction of sp³-hybridized carbons (Fsp3) is 0.500. The van der Waals surface area contributed by atoms with Crippen LogP contribution in [0.15, 0.2) is 12.4 Å². The van der Waals surface area contributed by atoms with E-state index in [9.17, 15) is 0 Å². The number of nitriles is 1. The standard InChI is InChI=1S/C10H13N5/c11-6-8-1-3-15(4-2-8)10-5-9(12)13-7-14-10/h5,7-8H,1-4H2,(H2,12,13,14). The largest absolute Gasteiger partial charge is 0.384 e. The Morgan fingerprint density at radius 1 is 1.40 bits per heavy atom. The molecular formula is C10H13N5. The maximum Gasteiger partial charge on any atom is 0.134 e. The summed E-state index contributed by atoms with van der Waals surface area (Å²) < 4.78 is 0. The van der Waals surface area contributed by atoms with Gasteiger partial charge in [0.05, 0.1) is 6.07 Å². The summed E-state index contributed by atoms with van der Waals surface area (Å²) in [6.45, 7) is 1.74. The number of hydrogen-bond acceptors (Lipinski definition) is 5. The molecule has 0 spiro atoms. The Morgan fingerprint density at radius 3 is 2.73 bits per heavy atom. The number of nitrogens with zero attached hydrogens (tertiary/aromatic N) is 4. The zero-order valence-corrected chi connectivity index (χ0v) is 8.43. The van der Waals surface area contributed by atoms with Crippen molar-refractivity contribution < 1.29 is 0 Å². The Labute approximate surface area is 88.5 Å². The zero-order chi connectivity index (χ0) is 10.7. The van der Waals surface area contributed by atoms with Gasteiger partial charge >= 0.3 is 0 Å². The molecular weight excluding hydrogens is 190 g/mol. The van der Waals surface area contributed by atoms with Gasteiger partial charge in [-0.25, -0.2) is 9.97 Å². The van der Waals surface area contributed by atoms with Gasteiger partial charge < -0.3 is 10.6 Å². The highest BCUT2D eigenvalue weighted by molar-refractivity contribution is 5.46. The second-order valence-corrected chi connectivity index (χ2v) is 3.69. The number of hydrogen-bond donors (Lipinski definition) is 1. The maximum absolute atomic E-state index is 8.78. The lowest BCUT2D eigenvalue weighted by atomic mass is 9.99. The normalized spacial score (nSPS) is 17.4. The topological polar surface area (TPSA) is 78.8 Å². The second-order valence-electron chi connectivity index (χ2n) is 3.69. The first-order chi connectivity index (χ1) is 7.29. The van der Waals surface area contributed by atoms with Gasteiger partial charge in [-0.1, -0.05) is 0 Å². The number of nitrogens with two attached hydrogens (primary N) is 1. The molecule has 0 radical (unpaired) electrons. The van der Waals surface area contributed by atoms with E-state index in [4.69, 9.17) is 11.0 Å². The van der Waals surface area contributed by atoms with Gasteiger partial charge in [-0.2, -0.15) is 5.26 Å². The minimum Gasteiger partial charge on any atom is -0.384 e. The van der Waals surface area contributed by atoms with Crippen LogP contribution in [0, 0.1) is 17.2 Å². The highest BCUT2D eigenvalue weighted by Crippen LogP contribution is 2.21. The van der Waals surface area contributed by atoms with Crippen molar-refractivity contribution in [3.63, 3.8) is 0 Å². The third-order valence-corrected chi connectivity index (χ3v) is 2.68. The molecule has 0 atom stereocenters. The van der Waals surface area contributed by atoms with E-state index in [-0.39, 0.29) is 5.92 Å². The highest BCUT2D eigenvalue weighted by atomic mass is 15.2. The quantitative estimate of drug-likeness (QED) is 0.730. The fourth-order valence-electron chi connectivity index (χ4n) is 1.77. The van der Waals surface area contributed by atoms with E-state index in [1.54, 1.807) is 6.07 Å². The molecule has 0 aromatic carbocycles. The molecule has 1 saturated heterocycles. The van der Waals surface area contributed by atoms with Crippen molar-refractivity contribution in [1.82, 2.24) is 9.97 Å². The molecule has 1 fully saturated rings. The van der Waals surface area contributed by atoms with Crippen molar-refractivity contribution in [2.24, 2.45) is 5.92 Å². The van der Waals surface area contributed by atoms with Crippen LogP contribution in [0.1, 0.15) is 12.8 Å². The van der Waals surface area contributed by atoms with Gasteiger partial charge in [0.1, 0.15) is 18.0 Å². The average molecular weight is 203 g/mol. The Hall–Kier alpha value is -1.83. The molecule has 1 aromatic rings. The first-order valence-electron chi connectivity index (χ1n) is 5.01. The van der Waals surface area contributed by atoms with E-state index in [0.29, 0.717) is 5.82 Å². The molecule has 2 rings (SSSR count). The Morgan fingerprint density at radius 2 is 2.13 bits per heavy atom. The molecule has 0 aliphatic carbocycles. The van der Waals surface area contributed by atoms with Crippen molar-refractivity contribution in [2.45, 2.75) is 12.8 Å². The van der Waals surface area contributed by atoms with Crippen molar-refractivity contribution >= 4 is 11.6 Å². The molecule has 5 nitrogen and oxygen atoms in total. The minimum absolute atomic E-state index is 0.195. The zero-order valence-electron chi connectivity index (χ0n) is 8.43. The molecule has 1 aliphatic heterocycles. The van der Waals surface area contributed by atoms with Crippen LogP contribution in [0.3, 0.4) is 0 Å². The van der Waals surface area contributed by atoms with Crippen LogP contribution in [-0.2, 0) is 0 Å². The third kappa shape index (κ3) is 2.15. The predicted molar refractivity (Wildman–Crippen MR) is 57.0 cm³/mol. The fourth-order valence-corrected chi connectivity index (χ4v) is 1.77. The lowest BCUT2D eigenvalue weighted by Crippen LogP contribution is -2.33. The van der Waals surface area contributed by atoms with Gasteiger partial charge in [0.15, 0.2) is 0 Å². The number of anilines is 2. The number of piperidine rings is 1. The summed E-state index contributed by atoms with van der Waals surface area (Å²) in [4.78, 5) is 10.2. The van der Waals surface area contributed by atoms with E-state index in [1.165, 1.54) is 6.33 Å². The average Bonchev–Trinajstić information content (AvgIpc) is 2.29. The molecule has 0 amide bonds. The summed E-state index contributed by atoms with van der Waals surface area (Å²) in [5, 5.41) is 8.78. The van der Waals surface area contributed by atoms with Gasteiger partial charge in [0.25, 0.3) is 0 Å². The molecule has 0 saturated carbocycles. The van der Waals surface area contributed by atoms with Crippen LogP contribution in [-0.4, -0.2) is 23.1 Å². The van der Waals surface area contributed by atoms with Crippen molar-refractivity contribution in [1.29, 1.82) is 5.26 Å². The Balaban J connectivity index is 2.05. The van der Waals surface area contributed by atoms with E-state index < -0.39 is 0 Å². The van der Waals surface area contributed by atoms with Crippen molar-refractivity contribution in [3.8, 4) is 6.07 Å². The summed E-state index contributed by atoms with van der Waals surface area (Å²) in [5.41, 5.74) is 5.59. The molecule has 1 aliphatic rings. The van der Waals surface area contributed by atoms with E-state index in [0.717, 1.165) is 31.7 Å². The molecule has 1 aromatic heterocycles. The van der Waals surface area contributed by atoms with E-state index in [1.807, 2.05) is 0 Å². The Kier molecular flexibility index (Phi) is 2.68. The van der Waals surface area contributed by atoms with Crippen LogP contribution in [0.5, 0.6) is 0 Å². The summed E-state index contributed by atoms with van der Waals surface area (Å²) >= 11 is 0. The van der Waals surface area contributed by atoms with Crippen molar-refractivity contribution in [3.05, 3.63) is 12.4 Å². The summed E-state index contributed by atoms with van der Waals surface area (Å²) in [7, 11) is 0. The molecule has 0 unspecified atom stereocenters. The van der Waals surface area contributed by atoms with Crippen LogP contribution in [0.25, 0.3) is 0 Å². The van der Waals surface area contributed by atoms with Gasteiger partial charge in [0, 0.05) is 25.1 Å². The molecule has 0 bridgehead atoms. The summed E-state index contributed by atoms with van der Waals surface area (Å²) in [5.74, 6) is 1.54. The summed E-state index contributed by atoms with van der Waals surface area (Å²) in [6.07, 6.45) is 3.28. The SMILES string of the molecule is N#CC1CCN(c2cc(N)ncn2)CC1. The lowest BCUT2D eigenvalue weighted by Gasteiger charge is -2.29. The lowest BCUT2D eigenvalue weighted by molar-refractivity contribution is 0.485. The van der Waals surface area contributed by atoms with Crippen LogP contribution in [0.4, 0.5) is 11.6 Å². The number of nitrogen functional groups attached to an aromatic ring is 1. The Bertz CT molecular complexity index is 376. The van der Waals surface area contributed by atoms with Gasteiger partial charge in [-0.15, -0.1) is 0 Å². The van der Waals surface area contributed by atoms with Crippen LogP contribution in [0.2, 0.25) is 0 Å². The van der Waals surface area contributed by atoms with Gasteiger partial charge in [-0.3, -0.25) is 0 Å². The van der Waals surface area contributed by atoms with Crippen molar-refractivity contribution in [2.75, 3.05) is 23.7 Å². The smallest absolute Gasteiger partial charge is 0.134 e. The number of aromatic nitrogens is 2. The molecule has 15 heavy (non-hydrogen) atoms. The van der Waals surface area contributed by atoms with Gasteiger partial charge in [0.2, 0.25) is 0 Å². The minimum atomic E-state index is 0.195. The monoisotopic (exact) mass is 203 g/mol. The highest BCUT2D eigenvalue weighted by Gasteiger charge is 2.19.